The van der Waals surface area contributed by atoms with E-state index in [0.717, 1.165) is 12.8 Å². The first-order chi connectivity index (χ1) is 8.31. The molecule has 17 heavy (non-hydrogen) atoms. The van der Waals surface area contributed by atoms with E-state index in [0.29, 0.717) is 6.42 Å². The fraction of sp³-hybridized carbons (Fsp3) is 0.800. The molecule has 0 radical (unpaired) electrons. The van der Waals surface area contributed by atoms with Crippen molar-refractivity contribution in [2.75, 3.05) is 7.11 Å². The Kier molecular flexibility index (Phi) is 12.7. The molecule has 0 aliphatic heterocycles. The van der Waals surface area contributed by atoms with Gasteiger partial charge >= 0.3 is 5.97 Å². The maximum Gasteiger partial charge on any atom is 0.305 e. The van der Waals surface area contributed by atoms with Crippen LogP contribution in [0.1, 0.15) is 71.1 Å². The molecule has 0 saturated heterocycles. The predicted molar refractivity (Wildman–Crippen MR) is 73.0 cm³/mol. The summed E-state index contributed by atoms with van der Waals surface area (Å²) in [5.41, 5.74) is 0. The van der Waals surface area contributed by atoms with E-state index in [-0.39, 0.29) is 5.97 Å². The van der Waals surface area contributed by atoms with Crippen molar-refractivity contribution < 1.29 is 9.53 Å². The Morgan fingerprint density at radius 1 is 0.941 bits per heavy atom. The van der Waals surface area contributed by atoms with Crippen molar-refractivity contribution in [3.8, 4) is 0 Å². The van der Waals surface area contributed by atoms with Gasteiger partial charge in [0, 0.05) is 6.42 Å². The third-order valence-electron chi connectivity index (χ3n) is 2.97. The van der Waals surface area contributed by atoms with Crippen LogP contribution in [0.4, 0.5) is 0 Å². The van der Waals surface area contributed by atoms with Gasteiger partial charge in [-0.3, -0.25) is 4.79 Å². The number of carbonyl (C=O) groups excluding carboxylic acids is 1. The van der Waals surface area contributed by atoms with Crippen molar-refractivity contribution >= 4 is 5.97 Å². The van der Waals surface area contributed by atoms with E-state index in [2.05, 4.69) is 23.8 Å². The molecule has 0 heterocycles. The number of carbonyl (C=O) groups is 1. The number of esters is 1. The molecule has 100 valence electrons. The number of methoxy groups -OCH3 is 1. The largest absolute Gasteiger partial charge is 0.469 e. The monoisotopic (exact) mass is 240 g/mol. The summed E-state index contributed by atoms with van der Waals surface area (Å²) in [7, 11) is 1.45. The van der Waals surface area contributed by atoms with E-state index >= 15 is 0 Å². The van der Waals surface area contributed by atoms with Gasteiger partial charge in [0.15, 0.2) is 0 Å². The molecule has 0 aromatic rings. The van der Waals surface area contributed by atoms with Gasteiger partial charge in [-0.15, -0.1) is 0 Å². The van der Waals surface area contributed by atoms with Crippen molar-refractivity contribution in [3.05, 3.63) is 12.2 Å². The number of allylic oxidation sites excluding steroid dienone is 2. The Hall–Kier alpha value is -0.790. The third kappa shape index (κ3) is 13.1. The van der Waals surface area contributed by atoms with Gasteiger partial charge in [0.2, 0.25) is 0 Å². The van der Waals surface area contributed by atoms with Crippen LogP contribution in [0.2, 0.25) is 0 Å². The molecule has 2 heteroatoms. The summed E-state index contributed by atoms with van der Waals surface area (Å²) in [6.45, 7) is 2.08. The second-order valence-electron chi connectivity index (χ2n) is 4.51. The quantitative estimate of drug-likeness (QED) is 0.299. The van der Waals surface area contributed by atoms with Crippen LogP contribution in [0, 0.1) is 0 Å². The minimum absolute atomic E-state index is 0.0750. The first-order valence-electron chi connectivity index (χ1n) is 6.99. The molecule has 0 spiro atoms. The highest BCUT2D eigenvalue weighted by Gasteiger charge is 1.98. The summed E-state index contributed by atoms with van der Waals surface area (Å²) in [6.07, 6.45) is 16.3. The predicted octanol–water partition coefficient (Wildman–Crippen LogP) is 4.64. The normalized spacial score (nSPS) is 10.9. The summed E-state index contributed by atoms with van der Waals surface area (Å²) >= 11 is 0. The van der Waals surface area contributed by atoms with E-state index in [9.17, 15) is 4.79 Å². The van der Waals surface area contributed by atoms with Crippen molar-refractivity contribution in [3.63, 3.8) is 0 Å². The fourth-order valence-electron chi connectivity index (χ4n) is 1.86. The highest BCUT2D eigenvalue weighted by atomic mass is 16.5. The van der Waals surface area contributed by atoms with Gasteiger partial charge in [-0.05, 0) is 26.2 Å². The molecule has 0 rings (SSSR count). The SMILES string of the molecule is C/C=C\CCCCCCCCCCC(=O)OC. The molecule has 2 nitrogen and oxygen atoms in total. The average molecular weight is 240 g/mol. The van der Waals surface area contributed by atoms with Crippen molar-refractivity contribution in [2.45, 2.75) is 71.1 Å². The van der Waals surface area contributed by atoms with Gasteiger partial charge in [0.1, 0.15) is 0 Å². The molecule has 0 amide bonds. The number of ether oxygens (including phenoxy) is 1. The molecule has 0 aromatic heterocycles. The molecule has 0 atom stereocenters. The van der Waals surface area contributed by atoms with E-state index in [4.69, 9.17) is 0 Å². The zero-order valence-electron chi connectivity index (χ0n) is 11.5. The highest BCUT2D eigenvalue weighted by molar-refractivity contribution is 5.68. The summed E-state index contributed by atoms with van der Waals surface area (Å²) in [6, 6.07) is 0. The number of hydrogen-bond donors (Lipinski definition) is 0. The van der Waals surface area contributed by atoms with Crippen molar-refractivity contribution in [2.24, 2.45) is 0 Å². The second kappa shape index (κ2) is 13.3. The summed E-state index contributed by atoms with van der Waals surface area (Å²) in [4.78, 5) is 10.8. The fourth-order valence-corrected chi connectivity index (χ4v) is 1.86. The topological polar surface area (TPSA) is 26.3 Å². The Labute approximate surface area is 106 Å². The number of rotatable bonds is 11. The van der Waals surface area contributed by atoms with Gasteiger partial charge in [0.05, 0.1) is 7.11 Å². The third-order valence-corrected chi connectivity index (χ3v) is 2.97. The molecule has 0 N–H and O–H groups in total. The molecule has 0 saturated carbocycles. The minimum atomic E-state index is -0.0750. The van der Waals surface area contributed by atoms with Gasteiger partial charge in [-0.25, -0.2) is 0 Å². The molecule has 0 aromatic carbocycles. The molecule has 0 aliphatic carbocycles. The molecule has 0 bridgehead atoms. The lowest BCUT2D eigenvalue weighted by Gasteiger charge is -2.01. The lowest BCUT2D eigenvalue weighted by molar-refractivity contribution is -0.140. The Bertz CT molecular complexity index is 197. The van der Waals surface area contributed by atoms with Crippen molar-refractivity contribution in [1.29, 1.82) is 0 Å². The lowest BCUT2D eigenvalue weighted by atomic mass is 10.1. The zero-order valence-corrected chi connectivity index (χ0v) is 11.5. The van der Waals surface area contributed by atoms with Crippen molar-refractivity contribution in [1.82, 2.24) is 0 Å². The van der Waals surface area contributed by atoms with Crippen LogP contribution in [-0.4, -0.2) is 13.1 Å². The average Bonchev–Trinajstić information content (AvgIpc) is 2.35. The smallest absolute Gasteiger partial charge is 0.305 e. The molecule has 0 aliphatic rings. The second-order valence-corrected chi connectivity index (χ2v) is 4.51. The summed E-state index contributed by atoms with van der Waals surface area (Å²) in [5, 5.41) is 0. The Morgan fingerprint density at radius 3 is 2.00 bits per heavy atom. The molecule has 0 unspecified atom stereocenters. The van der Waals surface area contributed by atoms with Gasteiger partial charge in [-0.1, -0.05) is 50.7 Å². The van der Waals surface area contributed by atoms with Crippen LogP contribution < -0.4 is 0 Å². The van der Waals surface area contributed by atoms with Crippen LogP contribution in [0.3, 0.4) is 0 Å². The molecule has 0 fully saturated rings. The van der Waals surface area contributed by atoms with Gasteiger partial charge < -0.3 is 4.74 Å². The van der Waals surface area contributed by atoms with Crippen LogP contribution in [-0.2, 0) is 9.53 Å². The van der Waals surface area contributed by atoms with E-state index in [1.165, 1.54) is 52.1 Å². The van der Waals surface area contributed by atoms with Gasteiger partial charge in [-0.2, -0.15) is 0 Å². The first kappa shape index (κ1) is 16.2. The van der Waals surface area contributed by atoms with E-state index < -0.39 is 0 Å². The Balaban J connectivity index is 3.01. The van der Waals surface area contributed by atoms with Crippen LogP contribution in [0.15, 0.2) is 12.2 Å². The standard InChI is InChI=1S/C15H28O2/c1-3-4-5-6-7-8-9-10-11-12-13-14-15(16)17-2/h3-4H,5-14H2,1-2H3/b4-3-. The zero-order chi connectivity index (χ0) is 12.8. The number of unbranched alkanes of at least 4 members (excludes halogenated alkanes) is 8. The van der Waals surface area contributed by atoms with Crippen LogP contribution in [0.25, 0.3) is 0 Å². The highest BCUT2D eigenvalue weighted by Crippen LogP contribution is 2.10. The number of hydrogen-bond acceptors (Lipinski definition) is 2. The summed E-state index contributed by atoms with van der Waals surface area (Å²) < 4.78 is 4.60. The molecular formula is C15H28O2. The van der Waals surface area contributed by atoms with Crippen LogP contribution in [0.5, 0.6) is 0 Å². The Morgan fingerprint density at radius 2 is 1.47 bits per heavy atom. The van der Waals surface area contributed by atoms with Gasteiger partial charge in [0.25, 0.3) is 0 Å². The van der Waals surface area contributed by atoms with Crippen LogP contribution >= 0.6 is 0 Å². The van der Waals surface area contributed by atoms with E-state index in [1.807, 2.05) is 0 Å². The maximum absolute atomic E-state index is 10.8. The summed E-state index contributed by atoms with van der Waals surface area (Å²) in [5.74, 6) is -0.0750. The molecular weight excluding hydrogens is 212 g/mol. The first-order valence-corrected chi connectivity index (χ1v) is 6.99. The van der Waals surface area contributed by atoms with E-state index in [1.54, 1.807) is 0 Å². The maximum atomic E-state index is 10.8. The minimum Gasteiger partial charge on any atom is -0.469 e. The lowest BCUT2D eigenvalue weighted by Crippen LogP contribution is -1.99.